The smallest absolute Gasteiger partial charge is 0.343 e. The number of aromatic nitrogens is 4. The Kier molecular flexibility index (Phi) is 14.5. The third kappa shape index (κ3) is 10.2. The van der Waals surface area contributed by atoms with E-state index < -0.39 is 22.8 Å². The minimum Gasteiger partial charge on any atom is -0.507 e. The highest BCUT2D eigenvalue weighted by atomic mass is 16.5. The zero-order valence-electron chi connectivity index (χ0n) is 40.8. The number of aryl methyl sites for hydroxylation is 4. The van der Waals surface area contributed by atoms with E-state index in [2.05, 4.69) is 9.97 Å². The largest absolute Gasteiger partial charge is 0.507 e. The topological polar surface area (TPSA) is 181 Å². The molecule has 8 bridgehead atoms. The van der Waals surface area contributed by atoms with Crippen LogP contribution >= 0.6 is 0 Å². The summed E-state index contributed by atoms with van der Waals surface area (Å²) in [5, 5.41) is 24.5. The van der Waals surface area contributed by atoms with Gasteiger partial charge in [0, 0.05) is 75.4 Å². The van der Waals surface area contributed by atoms with E-state index >= 15 is 0 Å². The van der Waals surface area contributed by atoms with Crippen molar-refractivity contribution in [2.24, 2.45) is 0 Å². The van der Waals surface area contributed by atoms with Crippen molar-refractivity contribution in [1.29, 1.82) is 0 Å². The number of benzene rings is 4. The highest BCUT2D eigenvalue weighted by Crippen LogP contribution is 2.38. The number of rotatable bonds is 14. The maximum absolute atomic E-state index is 13.3. The molecular weight excluding hydrogens is 913 g/mol. The number of fused-ring (bicyclic) bond motifs is 10. The zero-order chi connectivity index (χ0) is 50.5. The van der Waals surface area contributed by atoms with Crippen LogP contribution in [0.5, 0.6) is 23.0 Å². The molecule has 72 heavy (non-hydrogen) atoms. The minimum absolute atomic E-state index is 0.00358. The van der Waals surface area contributed by atoms with Crippen LogP contribution < -0.4 is 20.3 Å². The number of aromatic hydroxyl groups is 2. The van der Waals surface area contributed by atoms with Crippen LogP contribution in [0.1, 0.15) is 103 Å². The quantitative estimate of drug-likeness (QED) is 0.0781. The van der Waals surface area contributed by atoms with Gasteiger partial charge in [0.05, 0.1) is 37.2 Å². The van der Waals surface area contributed by atoms with Gasteiger partial charge in [0.15, 0.2) is 0 Å². The van der Waals surface area contributed by atoms with Crippen LogP contribution in [0.25, 0.3) is 22.1 Å². The molecule has 0 fully saturated rings. The molecule has 4 aromatic heterocycles. The summed E-state index contributed by atoms with van der Waals surface area (Å²) in [5.74, 6) is 0.0457. The van der Waals surface area contributed by atoms with Crippen molar-refractivity contribution in [1.82, 2.24) is 19.1 Å². The summed E-state index contributed by atoms with van der Waals surface area (Å²) in [5.41, 5.74) is 7.58. The Morgan fingerprint density at radius 1 is 0.500 bits per heavy atom. The third-order valence-electron chi connectivity index (χ3n) is 13.1. The van der Waals surface area contributed by atoms with E-state index in [0.717, 1.165) is 33.6 Å². The monoisotopic (exact) mass is 968 g/mol. The fourth-order valence-corrected chi connectivity index (χ4v) is 9.33. The first-order valence-electron chi connectivity index (χ1n) is 24.3. The molecule has 0 amide bonds. The highest BCUT2D eigenvalue weighted by molar-refractivity contribution is 5.94. The van der Waals surface area contributed by atoms with Crippen LogP contribution in [0, 0.1) is 13.8 Å². The van der Waals surface area contributed by atoms with Crippen molar-refractivity contribution in [2.45, 2.75) is 79.3 Å². The summed E-state index contributed by atoms with van der Waals surface area (Å²) >= 11 is 0. The van der Waals surface area contributed by atoms with Crippen LogP contribution in [0.15, 0.2) is 119 Å². The van der Waals surface area contributed by atoms with Gasteiger partial charge >= 0.3 is 11.9 Å². The maximum Gasteiger partial charge on any atom is 0.343 e. The number of pyridine rings is 4. The summed E-state index contributed by atoms with van der Waals surface area (Å²) < 4.78 is 27.8. The van der Waals surface area contributed by atoms with E-state index in [1.807, 2.05) is 100 Å². The van der Waals surface area contributed by atoms with Crippen molar-refractivity contribution in [3.8, 4) is 23.0 Å². The first kappa shape index (κ1) is 48.8. The number of ether oxygens (including phenoxy) is 4. The van der Waals surface area contributed by atoms with E-state index in [4.69, 9.17) is 18.9 Å². The number of hydrogen-bond acceptors (Lipinski definition) is 12. The Bertz CT molecular complexity index is 3190. The summed E-state index contributed by atoms with van der Waals surface area (Å²) in [6, 6.07) is 29.9. The Hall–Kier alpha value is -8.26. The molecule has 14 nitrogen and oxygen atoms in total. The average Bonchev–Trinajstić information content (AvgIpc) is 3.37. The van der Waals surface area contributed by atoms with Crippen molar-refractivity contribution in [2.75, 3.05) is 26.4 Å². The standard InChI is InChI=1S/C58H56N4O10/c1-5-61-33-47(51(65)45-23-21-35(3)59-55(45)61)57(67)71-27-11-25-69-53-41-17-9-18-42(53)30-38-14-8-16-40(50(38)64)32-44-20-10-19-43(31-39-15-7-13-37(29-41)49(39)63)54(44)70-26-12-28-72-58(68)48-34-62(6-2)56-46(52(48)66)24-22-36(4)60-56/h7-10,13-24,33-34,63-64H,5-6,11-12,25-32H2,1-4H3. The second-order valence-corrected chi connectivity index (χ2v) is 18.0. The normalized spacial score (nSPS) is 12.2. The lowest BCUT2D eigenvalue weighted by atomic mass is 9.91. The molecular formula is C58H56N4O10. The molecule has 0 aliphatic heterocycles. The highest BCUT2D eigenvalue weighted by Gasteiger charge is 2.23. The molecule has 9 rings (SSSR count). The van der Waals surface area contributed by atoms with Crippen molar-refractivity contribution >= 4 is 34.0 Å². The molecule has 0 unspecified atom stereocenters. The molecule has 1 aliphatic rings. The number of phenolic OH excluding ortho intramolecular Hbond substituents is 2. The maximum atomic E-state index is 13.3. The first-order chi connectivity index (χ1) is 34.9. The lowest BCUT2D eigenvalue weighted by Gasteiger charge is -2.20. The van der Waals surface area contributed by atoms with Gasteiger partial charge in [-0.15, -0.1) is 0 Å². The fourth-order valence-electron chi connectivity index (χ4n) is 9.33. The number of carbonyl (C=O) groups is 2. The van der Waals surface area contributed by atoms with E-state index in [9.17, 15) is 29.4 Å². The number of para-hydroxylation sites is 4. The molecule has 2 N–H and O–H groups in total. The average molecular weight is 969 g/mol. The van der Waals surface area contributed by atoms with Gasteiger partial charge in [0.25, 0.3) is 0 Å². The van der Waals surface area contributed by atoms with Crippen molar-refractivity contribution < 1.29 is 38.7 Å². The molecule has 4 aromatic carbocycles. The Morgan fingerprint density at radius 3 is 1.17 bits per heavy atom. The summed E-state index contributed by atoms with van der Waals surface area (Å²) in [4.78, 5) is 62.2. The molecule has 1 aliphatic carbocycles. The van der Waals surface area contributed by atoms with Gasteiger partial charge in [-0.2, -0.15) is 0 Å². The molecule has 4 heterocycles. The van der Waals surface area contributed by atoms with Gasteiger partial charge < -0.3 is 38.3 Å². The molecule has 0 atom stereocenters. The van der Waals surface area contributed by atoms with Crippen LogP contribution in [0.4, 0.5) is 0 Å². The SMILES string of the molecule is CCn1cc(C(=O)OCCCOc2c3cccc2Cc2cccc(c2O)Cc2cccc(c2OCCCOC(=O)c2cn(CC)c4nc(C)ccc4c2=O)Cc2cccc(c2O)C3)c(=O)c2ccc(C)nc21. The van der Waals surface area contributed by atoms with E-state index in [1.54, 1.807) is 33.4 Å². The molecule has 0 spiro atoms. The molecule has 0 saturated heterocycles. The van der Waals surface area contributed by atoms with Gasteiger partial charge in [0.2, 0.25) is 10.9 Å². The third-order valence-corrected chi connectivity index (χ3v) is 13.1. The van der Waals surface area contributed by atoms with Crippen molar-refractivity contribution in [3.63, 3.8) is 0 Å². The Balaban J connectivity index is 0.923. The summed E-state index contributed by atoms with van der Waals surface area (Å²) in [6.45, 7) is 8.92. The predicted molar refractivity (Wildman–Crippen MR) is 274 cm³/mol. The number of carbonyl (C=O) groups excluding carboxylic acids is 2. The van der Waals surface area contributed by atoms with E-state index in [0.29, 0.717) is 107 Å². The zero-order valence-corrected chi connectivity index (χ0v) is 40.8. The molecule has 0 saturated carbocycles. The summed E-state index contributed by atoms with van der Waals surface area (Å²) in [7, 11) is 0. The van der Waals surface area contributed by atoms with E-state index in [1.165, 1.54) is 12.4 Å². The molecule has 8 aromatic rings. The van der Waals surface area contributed by atoms with Crippen LogP contribution in [0.2, 0.25) is 0 Å². The lowest BCUT2D eigenvalue weighted by Crippen LogP contribution is -2.22. The number of hydrogen-bond donors (Lipinski definition) is 2. The number of esters is 2. The lowest BCUT2D eigenvalue weighted by molar-refractivity contribution is 0.0473. The van der Waals surface area contributed by atoms with Crippen LogP contribution in [-0.4, -0.2) is 67.7 Å². The molecule has 14 heteroatoms. The van der Waals surface area contributed by atoms with Gasteiger partial charge in [-0.05, 0) is 96.5 Å². The van der Waals surface area contributed by atoms with Gasteiger partial charge in [-0.25, -0.2) is 19.6 Å². The second kappa shape index (κ2) is 21.4. The predicted octanol–water partition coefficient (Wildman–Crippen LogP) is 9.10. The van der Waals surface area contributed by atoms with Gasteiger partial charge in [-0.1, -0.05) is 72.8 Å². The van der Waals surface area contributed by atoms with Crippen LogP contribution in [-0.2, 0) is 48.2 Å². The number of nitrogens with zero attached hydrogens (tertiary/aromatic N) is 4. The Morgan fingerprint density at radius 2 is 0.833 bits per heavy atom. The molecule has 368 valence electrons. The fraction of sp³-hybridized carbons (Fsp3) is 0.276. The number of phenols is 2. The first-order valence-corrected chi connectivity index (χ1v) is 24.3. The second-order valence-electron chi connectivity index (χ2n) is 18.0. The van der Waals surface area contributed by atoms with Crippen molar-refractivity contribution in [3.05, 3.63) is 197 Å². The van der Waals surface area contributed by atoms with Gasteiger partial charge in [0.1, 0.15) is 45.4 Å². The minimum atomic E-state index is -0.718. The molecule has 0 radical (unpaired) electrons. The van der Waals surface area contributed by atoms with Crippen LogP contribution in [0.3, 0.4) is 0 Å². The summed E-state index contributed by atoms with van der Waals surface area (Å²) in [6.07, 6.45) is 4.98. The van der Waals surface area contributed by atoms with Gasteiger partial charge in [-0.3, -0.25) is 9.59 Å². The Labute approximate surface area is 416 Å². The van der Waals surface area contributed by atoms with E-state index in [-0.39, 0.29) is 49.1 Å².